The lowest BCUT2D eigenvalue weighted by molar-refractivity contribution is 0.0233. The van der Waals surface area contributed by atoms with Crippen LogP contribution in [0.5, 0.6) is 0 Å². The molecule has 0 radical (unpaired) electrons. The highest BCUT2D eigenvalue weighted by Gasteiger charge is 2.29. The molecule has 1 saturated heterocycles. The molecule has 2 aliphatic rings. The van der Waals surface area contributed by atoms with Crippen molar-refractivity contribution in [3.05, 3.63) is 15.3 Å². The number of fused-ring (bicyclic) bond motifs is 1. The van der Waals surface area contributed by atoms with Gasteiger partial charge in [0.15, 0.2) is 0 Å². The highest BCUT2D eigenvalue weighted by molar-refractivity contribution is 9.09. The first kappa shape index (κ1) is 13.1. The van der Waals surface area contributed by atoms with Gasteiger partial charge in [0.25, 0.3) is 0 Å². The van der Waals surface area contributed by atoms with Crippen molar-refractivity contribution in [2.45, 2.75) is 6.54 Å². The summed E-state index contributed by atoms with van der Waals surface area (Å²) in [6.07, 6.45) is 0. The monoisotopic (exact) mass is 351 g/mol. The van der Waals surface area contributed by atoms with E-state index in [9.17, 15) is 0 Å². The van der Waals surface area contributed by atoms with Crippen LogP contribution >= 0.6 is 38.9 Å². The second kappa shape index (κ2) is 5.64. The van der Waals surface area contributed by atoms with Crippen molar-refractivity contribution in [1.82, 2.24) is 9.91 Å². The van der Waals surface area contributed by atoms with E-state index < -0.39 is 0 Å². The van der Waals surface area contributed by atoms with E-state index in [4.69, 9.17) is 16.3 Å². The van der Waals surface area contributed by atoms with E-state index in [0.717, 1.165) is 49.3 Å². The Morgan fingerprint density at radius 2 is 2.17 bits per heavy atom. The number of nitrogens with zero attached hydrogens (tertiary/aromatic N) is 3. The Kier molecular flexibility index (Phi) is 4.12. The first-order chi connectivity index (χ1) is 8.78. The Balaban J connectivity index is 1.87. The zero-order chi connectivity index (χ0) is 12.5. The Labute approximate surface area is 124 Å². The molecule has 1 aromatic heterocycles. The van der Waals surface area contributed by atoms with E-state index in [1.54, 1.807) is 11.3 Å². The number of morpholine rings is 1. The Morgan fingerprint density at radius 3 is 2.89 bits per heavy atom. The molecule has 4 nitrogen and oxygen atoms in total. The topological polar surface area (TPSA) is 19.0 Å². The van der Waals surface area contributed by atoms with Gasteiger partial charge in [0.05, 0.1) is 35.4 Å². The summed E-state index contributed by atoms with van der Waals surface area (Å²) in [7, 11) is 0. The zero-order valence-corrected chi connectivity index (χ0v) is 13.1. The fraction of sp³-hybridized carbons (Fsp3) is 0.636. The number of ether oxygens (including phenoxy) is 1. The van der Waals surface area contributed by atoms with Crippen LogP contribution in [0.25, 0.3) is 0 Å². The summed E-state index contributed by atoms with van der Waals surface area (Å²) in [5.74, 6) is 0. The van der Waals surface area contributed by atoms with Crippen LogP contribution in [0.3, 0.4) is 0 Å². The minimum Gasteiger partial charge on any atom is -0.379 e. The minimum atomic E-state index is 0.804. The van der Waals surface area contributed by atoms with Crippen LogP contribution in [0.15, 0.2) is 6.07 Å². The van der Waals surface area contributed by atoms with E-state index in [1.807, 2.05) is 0 Å². The second-order valence-electron chi connectivity index (χ2n) is 4.41. The van der Waals surface area contributed by atoms with Crippen molar-refractivity contribution in [3.63, 3.8) is 0 Å². The van der Waals surface area contributed by atoms with Gasteiger partial charge < -0.3 is 4.74 Å². The molecule has 0 spiro atoms. The third-order valence-electron chi connectivity index (χ3n) is 3.23. The molecule has 100 valence electrons. The molecule has 2 aliphatic heterocycles. The number of hydrogen-bond donors (Lipinski definition) is 0. The summed E-state index contributed by atoms with van der Waals surface area (Å²) in [5.41, 5.74) is 2.15. The number of hydrazine groups is 1. The van der Waals surface area contributed by atoms with Gasteiger partial charge in [-0.1, -0.05) is 27.5 Å². The molecular formula is C11H15BrClN3OS. The maximum absolute atomic E-state index is 6.16. The lowest BCUT2D eigenvalue weighted by Gasteiger charge is -2.43. The largest absolute Gasteiger partial charge is 0.379 e. The highest BCUT2D eigenvalue weighted by Crippen LogP contribution is 2.38. The summed E-state index contributed by atoms with van der Waals surface area (Å²) >= 11 is 11.4. The van der Waals surface area contributed by atoms with Crippen LogP contribution in [0.2, 0.25) is 4.34 Å². The predicted molar refractivity (Wildman–Crippen MR) is 78.4 cm³/mol. The van der Waals surface area contributed by atoms with E-state index in [2.05, 4.69) is 36.9 Å². The number of halogens is 2. The Hall–Kier alpha value is 0.150. The molecule has 0 saturated carbocycles. The van der Waals surface area contributed by atoms with Gasteiger partial charge in [-0.25, -0.2) is 5.01 Å². The molecule has 0 atom stereocenters. The van der Waals surface area contributed by atoms with Crippen molar-refractivity contribution in [1.29, 1.82) is 0 Å². The summed E-state index contributed by atoms with van der Waals surface area (Å²) in [5, 5.41) is 4.70. The van der Waals surface area contributed by atoms with Crippen LogP contribution in [-0.4, -0.2) is 48.3 Å². The number of rotatable bonds is 2. The van der Waals surface area contributed by atoms with Gasteiger partial charge in [-0.05, 0) is 6.07 Å². The molecule has 3 heterocycles. The molecule has 0 N–H and O–H groups in total. The maximum Gasteiger partial charge on any atom is 0.0953 e. The fourth-order valence-electron chi connectivity index (χ4n) is 2.35. The number of hydrogen-bond acceptors (Lipinski definition) is 5. The summed E-state index contributed by atoms with van der Waals surface area (Å²) in [6.45, 7) is 5.38. The third kappa shape index (κ3) is 2.55. The molecule has 0 aliphatic carbocycles. The molecule has 0 unspecified atom stereocenters. The lowest BCUT2D eigenvalue weighted by Crippen LogP contribution is -2.54. The van der Waals surface area contributed by atoms with Crippen LogP contribution in [0.4, 0.5) is 5.69 Å². The summed E-state index contributed by atoms with van der Waals surface area (Å²) in [6, 6.07) is 2.09. The first-order valence-corrected chi connectivity index (χ1v) is 8.26. The van der Waals surface area contributed by atoms with Gasteiger partial charge >= 0.3 is 0 Å². The number of anilines is 1. The molecule has 3 rings (SSSR count). The van der Waals surface area contributed by atoms with E-state index in [1.165, 1.54) is 10.6 Å². The van der Waals surface area contributed by atoms with E-state index in [0.29, 0.717) is 0 Å². The standard InChI is InChI=1S/C11H15BrClN3OS/c12-7-14-6-10-9(5-11(13)18-10)16(8-14)15-1-3-17-4-2-15/h5H,1-4,6-8H2. The first-order valence-electron chi connectivity index (χ1n) is 5.94. The Bertz CT molecular complexity index is 424. The van der Waals surface area contributed by atoms with Crippen molar-refractivity contribution >= 4 is 44.6 Å². The normalized spacial score (nSPS) is 22.2. The fourth-order valence-corrected chi connectivity index (χ4v) is 4.00. The Morgan fingerprint density at radius 1 is 1.39 bits per heavy atom. The van der Waals surface area contributed by atoms with Crippen LogP contribution < -0.4 is 5.01 Å². The van der Waals surface area contributed by atoms with E-state index >= 15 is 0 Å². The highest BCUT2D eigenvalue weighted by atomic mass is 79.9. The molecule has 0 aromatic carbocycles. The molecule has 1 fully saturated rings. The average molecular weight is 353 g/mol. The van der Waals surface area contributed by atoms with Crippen molar-refractivity contribution in [2.75, 3.05) is 43.4 Å². The summed E-state index contributed by atoms with van der Waals surface area (Å²) < 4.78 is 6.29. The van der Waals surface area contributed by atoms with Crippen molar-refractivity contribution < 1.29 is 4.74 Å². The molecule has 18 heavy (non-hydrogen) atoms. The van der Waals surface area contributed by atoms with Crippen LogP contribution in [0.1, 0.15) is 4.88 Å². The lowest BCUT2D eigenvalue weighted by atomic mass is 10.3. The predicted octanol–water partition coefficient (Wildman–Crippen LogP) is 2.58. The van der Waals surface area contributed by atoms with Gasteiger partial charge in [0, 0.05) is 24.5 Å². The molecule has 0 bridgehead atoms. The van der Waals surface area contributed by atoms with Gasteiger partial charge in [0.2, 0.25) is 0 Å². The zero-order valence-electron chi connectivity index (χ0n) is 9.94. The summed E-state index contributed by atoms with van der Waals surface area (Å²) in [4.78, 5) is 3.70. The quantitative estimate of drug-likeness (QED) is 0.601. The third-order valence-corrected chi connectivity index (χ3v) is 5.18. The smallest absolute Gasteiger partial charge is 0.0953 e. The molecule has 1 aromatic rings. The molecular weight excluding hydrogens is 338 g/mol. The second-order valence-corrected chi connectivity index (χ2v) is 6.68. The minimum absolute atomic E-state index is 0.804. The molecule has 7 heteroatoms. The van der Waals surface area contributed by atoms with Crippen molar-refractivity contribution in [3.8, 4) is 0 Å². The SMILES string of the molecule is Clc1cc2c(s1)CN(CBr)CN2N1CCOCC1. The van der Waals surface area contributed by atoms with Gasteiger partial charge in [-0.2, -0.15) is 0 Å². The number of thiophene rings is 1. The van der Waals surface area contributed by atoms with Gasteiger partial charge in [-0.3, -0.25) is 9.91 Å². The van der Waals surface area contributed by atoms with Crippen LogP contribution in [-0.2, 0) is 11.3 Å². The maximum atomic E-state index is 6.16. The van der Waals surface area contributed by atoms with Gasteiger partial charge in [0.1, 0.15) is 0 Å². The number of alkyl halides is 1. The average Bonchev–Trinajstić information content (AvgIpc) is 2.78. The van der Waals surface area contributed by atoms with Gasteiger partial charge in [-0.15, -0.1) is 11.3 Å². The van der Waals surface area contributed by atoms with E-state index in [-0.39, 0.29) is 0 Å². The van der Waals surface area contributed by atoms with Crippen LogP contribution in [0, 0.1) is 0 Å². The van der Waals surface area contributed by atoms with Crippen molar-refractivity contribution in [2.24, 2.45) is 0 Å². The molecule has 0 amide bonds.